The number of nitrogens with one attached hydrogen (secondary N) is 1. The third-order valence-electron chi connectivity index (χ3n) is 4.53. The Balaban J connectivity index is 1.80. The van der Waals surface area contributed by atoms with Crippen LogP contribution >= 0.6 is 0 Å². The van der Waals surface area contributed by atoms with Crippen molar-refractivity contribution in [2.45, 2.75) is 17.4 Å². The molecule has 0 unspecified atom stereocenters. The summed E-state index contributed by atoms with van der Waals surface area (Å²) in [4.78, 5) is 38.5. The summed E-state index contributed by atoms with van der Waals surface area (Å²) in [5, 5.41) is 2.64. The van der Waals surface area contributed by atoms with E-state index in [-0.39, 0.29) is 10.5 Å². The van der Waals surface area contributed by atoms with E-state index in [2.05, 4.69) is 5.32 Å². The molecule has 1 atom stereocenters. The largest absolute Gasteiger partial charge is 0.325 e. The molecule has 1 aliphatic rings. The Kier molecular flexibility index (Phi) is 4.61. The number of Topliss-reactive ketones (excluding diaryl/α,β-unsaturated/α-hetero) is 1. The predicted octanol–water partition coefficient (Wildman–Crippen LogP) is 1.74. The van der Waals surface area contributed by atoms with Crippen LogP contribution in [0.2, 0.25) is 0 Å². The normalized spacial score (nSPS) is 19.9. The van der Waals surface area contributed by atoms with Gasteiger partial charge in [0.1, 0.15) is 5.54 Å². The number of urea groups is 1. The summed E-state index contributed by atoms with van der Waals surface area (Å²) < 4.78 is 23.0. The maximum atomic E-state index is 12.8. The van der Waals surface area contributed by atoms with Crippen molar-refractivity contribution in [1.82, 2.24) is 10.2 Å². The van der Waals surface area contributed by atoms with E-state index < -0.39 is 39.6 Å². The van der Waals surface area contributed by atoms with Crippen LogP contribution in [0.3, 0.4) is 0 Å². The lowest BCUT2D eigenvalue weighted by Crippen LogP contribution is -2.41. The lowest BCUT2D eigenvalue weighted by atomic mass is 9.92. The number of benzene rings is 2. The molecule has 0 radical (unpaired) electrons. The molecule has 0 spiro atoms. The molecular weight excluding hydrogens is 368 g/mol. The van der Waals surface area contributed by atoms with Gasteiger partial charge in [0.2, 0.25) is 0 Å². The molecule has 0 aromatic heterocycles. The highest BCUT2D eigenvalue weighted by molar-refractivity contribution is 7.90. The highest BCUT2D eigenvalue weighted by atomic mass is 32.2. The molecule has 3 amide bonds. The van der Waals surface area contributed by atoms with Crippen molar-refractivity contribution < 1.29 is 22.8 Å². The summed E-state index contributed by atoms with van der Waals surface area (Å²) in [6.07, 6.45) is 1.07. The van der Waals surface area contributed by atoms with Gasteiger partial charge in [0.05, 0.1) is 11.4 Å². The average molecular weight is 386 g/mol. The van der Waals surface area contributed by atoms with E-state index in [9.17, 15) is 22.8 Å². The second kappa shape index (κ2) is 6.62. The number of nitrogens with zero attached hydrogens (tertiary/aromatic N) is 1. The lowest BCUT2D eigenvalue weighted by molar-refractivity contribution is -0.130. The van der Waals surface area contributed by atoms with Crippen LogP contribution < -0.4 is 5.32 Å². The number of hydrogen-bond acceptors (Lipinski definition) is 5. The second-order valence-corrected chi connectivity index (χ2v) is 8.55. The van der Waals surface area contributed by atoms with Crippen molar-refractivity contribution in [3.8, 4) is 0 Å². The van der Waals surface area contributed by atoms with E-state index >= 15 is 0 Å². The van der Waals surface area contributed by atoms with Crippen molar-refractivity contribution in [1.29, 1.82) is 0 Å². The van der Waals surface area contributed by atoms with E-state index in [0.29, 0.717) is 5.56 Å². The van der Waals surface area contributed by atoms with Gasteiger partial charge in [-0.2, -0.15) is 0 Å². The SMILES string of the molecule is C[C@@]1(c2ccccc2)NC(=O)N(CC(=O)c2ccc(S(C)(=O)=O)cc2)C1=O. The van der Waals surface area contributed by atoms with E-state index in [1.54, 1.807) is 37.3 Å². The monoisotopic (exact) mass is 386 g/mol. The average Bonchev–Trinajstić information content (AvgIpc) is 2.86. The molecule has 2 aromatic rings. The Hall–Kier alpha value is -3.00. The minimum atomic E-state index is -3.37. The third-order valence-corrected chi connectivity index (χ3v) is 5.66. The summed E-state index contributed by atoms with van der Waals surface area (Å²) in [6, 6.07) is 13.5. The van der Waals surface area contributed by atoms with E-state index in [1.165, 1.54) is 24.3 Å². The molecule has 0 aliphatic carbocycles. The highest BCUT2D eigenvalue weighted by Gasteiger charge is 2.49. The van der Waals surface area contributed by atoms with Gasteiger partial charge in [0.15, 0.2) is 15.6 Å². The Morgan fingerprint density at radius 2 is 1.63 bits per heavy atom. The van der Waals surface area contributed by atoms with Gasteiger partial charge in [-0.3, -0.25) is 14.5 Å². The first-order chi connectivity index (χ1) is 12.6. The van der Waals surface area contributed by atoms with E-state index in [4.69, 9.17) is 0 Å². The zero-order chi connectivity index (χ0) is 19.8. The van der Waals surface area contributed by atoms with Crippen LogP contribution in [-0.4, -0.2) is 43.8 Å². The number of carbonyl (C=O) groups is 3. The molecule has 1 saturated heterocycles. The highest BCUT2D eigenvalue weighted by Crippen LogP contribution is 2.28. The first-order valence-electron chi connectivity index (χ1n) is 8.16. The lowest BCUT2D eigenvalue weighted by Gasteiger charge is -2.22. The van der Waals surface area contributed by atoms with Crippen LogP contribution in [0.5, 0.6) is 0 Å². The van der Waals surface area contributed by atoms with Crippen LogP contribution in [0.4, 0.5) is 4.79 Å². The minimum absolute atomic E-state index is 0.0886. The minimum Gasteiger partial charge on any atom is -0.319 e. The fraction of sp³-hybridized carbons (Fsp3) is 0.211. The van der Waals surface area contributed by atoms with Gasteiger partial charge in [0.25, 0.3) is 5.91 Å². The number of rotatable bonds is 5. The molecule has 1 N–H and O–H groups in total. The third kappa shape index (κ3) is 3.48. The Bertz CT molecular complexity index is 1020. The van der Waals surface area contributed by atoms with Gasteiger partial charge < -0.3 is 5.32 Å². The number of hydrogen-bond donors (Lipinski definition) is 1. The van der Waals surface area contributed by atoms with Crippen LogP contribution in [-0.2, 0) is 20.2 Å². The predicted molar refractivity (Wildman–Crippen MR) is 97.9 cm³/mol. The first kappa shape index (κ1) is 18.8. The fourth-order valence-electron chi connectivity index (χ4n) is 2.93. The van der Waals surface area contributed by atoms with Crippen molar-refractivity contribution in [2.75, 3.05) is 12.8 Å². The summed E-state index contributed by atoms with van der Waals surface area (Å²) in [7, 11) is -3.37. The number of imide groups is 1. The van der Waals surface area contributed by atoms with Crippen molar-refractivity contribution in [3.05, 3.63) is 65.7 Å². The summed E-state index contributed by atoms with van der Waals surface area (Å²) in [5.74, 6) is -0.976. The standard InChI is InChI=1S/C19H18N2O5S/c1-19(14-6-4-3-5-7-14)17(23)21(18(24)20-19)12-16(22)13-8-10-15(11-9-13)27(2,25)26/h3-11H,12H2,1-2H3,(H,20,24)/t19-/m0/s1. The number of carbonyl (C=O) groups excluding carboxylic acids is 3. The van der Waals surface area contributed by atoms with Gasteiger partial charge in [-0.25, -0.2) is 13.2 Å². The van der Waals surface area contributed by atoms with Crippen LogP contribution in [0.1, 0.15) is 22.8 Å². The fourth-order valence-corrected chi connectivity index (χ4v) is 3.56. The number of amides is 3. The molecule has 0 bridgehead atoms. The van der Waals surface area contributed by atoms with Crippen LogP contribution in [0.15, 0.2) is 59.5 Å². The zero-order valence-electron chi connectivity index (χ0n) is 14.8. The van der Waals surface area contributed by atoms with Gasteiger partial charge in [-0.05, 0) is 24.6 Å². The quantitative estimate of drug-likeness (QED) is 0.623. The van der Waals surface area contributed by atoms with Crippen LogP contribution in [0.25, 0.3) is 0 Å². The van der Waals surface area contributed by atoms with Gasteiger partial charge in [0, 0.05) is 11.8 Å². The molecule has 1 aliphatic heterocycles. The molecule has 140 valence electrons. The number of sulfone groups is 1. The molecule has 2 aromatic carbocycles. The first-order valence-corrected chi connectivity index (χ1v) is 10.0. The van der Waals surface area contributed by atoms with Crippen LogP contribution in [0, 0.1) is 0 Å². The van der Waals surface area contributed by atoms with Crippen molar-refractivity contribution in [3.63, 3.8) is 0 Å². The van der Waals surface area contributed by atoms with E-state index in [1.807, 2.05) is 0 Å². The molecule has 7 nitrogen and oxygen atoms in total. The summed E-state index contributed by atoms with van der Waals surface area (Å²) in [6.45, 7) is 1.17. The topological polar surface area (TPSA) is 101 Å². The Labute approximate surface area is 156 Å². The molecule has 3 rings (SSSR count). The van der Waals surface area contributed by atoms with Gasteiger partial charge in [-0.1, -0.05) is 42.5 Å². The molecular formula is C19H18N2O5S. The maximum absolute atomic E-state index is 12.8. The molecule has 0 saturated carbocycles. The smallest absolute Gasteiger partial charge is 0.319 e. The van der Waals surface area contributed by atoms with Gasteiger partial charge in [-0.15, -0.1) is 0 Å². The van der Waals surface area contributed by atoms with E-state index in [0.717, 1.165) is 11.2 Å². The molecule has 1 heterocycles. The summed E-state index contributed by atoms with van der Waals surface area (Å²) in [5.41, 5.74) is -0.397. The Morgan fingerprint density at radius 1 is 1.04 bits per heavy atom. The van der Waals surface area contributed by atoms with Gasteiger partial charge >= 0.3 is 6.03 Å². The maximum Gasteiger partial charge on any atom is 0.325 e. The number of ketones is 1. The molecule has 1 fully saturated rings. The summed E-state index contributed by atoms with van der Waals surface area (Å²) >= 11 is 0. The molecule has 27 heavy (non-hydrogen) atoms. The van der Waals surface area contributed by atoms with Crippen molar-refractivity contribution in [2.24, 2.45) is 0 Å². The molecule has 8 heteroatoms. The van der Waals surface area contributed by atoms with Crippen molar-refractivity contribution >= 4 is 27.6 Å². The zero-order valence-corrected chi connectivity index (χ0v) is 15.6. The second-order valence-electron chi connectivity index (χ2n) is 6.53. The Morgan fingerprint density at radius 3 is 2.19 bits per heavy atom.